The highest BCUT2D eigenvalue weighted by Gasteiger charge is 2.22. The monoisotopic (exact) mass is 245 g/mol. The Morgan fingerprint density at radius 2 is 2.08 bits per heavy atom. The average molecular weight is 246 g/mol. The fourth-order valence-corrected chi connectivity index (χ4v) is 2.38. The van der Waals surface area contributed by atoms with Crippen LogP contribution in [0.2, 0.25) is 0 Å². The Bertz CT molecular complexity index is 272. The van der Waals surface area contributed by atoms with Crippen molar-refractivity contribution in [3.63, 3.8) is 0 Å². The summed E-state index contributed by atoms with van der Waals surface area (Å²) in [5.41, 5.74) is 7.67. The zero-order valence-corrected chi connectivity index (χ0v) is 8.84. The number of nitrogens with two attached hydrogens (primary N) is 1. The average Bonchev–Trinajstić information content (AvgIpc) is 2.48. The van der Waals surface area contributed by atoms with Gasteiger partial charge in [0.25, 0.3) is 0 Å². The van der Waals surface area contributed by atoms with E-state index in [-0.39, 0.29) is 0 Å². The normalized spacial score (nSPS) is 19.2. The van der Waals surface area contributed by atoms with Gasteiger partial charge in [0, 0.05) is 18.8 Å². The van der Waals surface area contributed by atoms with Crippen molar-refractivity contribution in [1.29, 1.82) is 0 Å². The minimum Gasteiger partial charge on any atom is -0.455 e. The molecular formula is C9H12BrNO2. The highest BCUT2D eigenvalue weighted by molar-refractivity contribution is 9.10. The van der Waals surface area contributed by atoms with Crippen molar-refractivity contribution < 1.29 is 9.15 Å². The molecule has 72 valence electrons. The first kappa shape index (κ1) is 9.09. The molecular weight excluding hydrogens is 234 g/mol. The van der Waals surface area contributed by atoms with Crippen molar-refractivity contribution in [3.8, 4) is 0 Å². The van der Waals surface area contributed by atoms with E-state index in [2.05, 4.69) is 15.9 Å². The summed E-state index contributed by atoms with van der Waals surface area (Å²) < 4.78 is 11.3. The summed E-state index contributed by atoms with van der Waals surface area (Å²) in [7, 11) is 0. The maximum atomic E-state index is 5.81. The summed E-state index contributed by atoms with van der Waals surface area (Å²) in [6.07, 6.45) is 3.65. The Morgan fingerprint density at radius 3 is 2.62 bits per heavy atom. The second-order valence-corrected chi connectivity index (χ2v) is 3.99. The third-order valence-electron chi connectivity index (χ3n) is 2.44. The van der Waals surface area contributed by atoms with Gasteiger partial charge in [-0.3, -0.25) is 0 Å². The molecule has 1 aliphatic rings. The third-order valence-corrected chi connectivity index (χ3v) is 3.06. The lowest BCUT2D eigenvalue weighted by Gasteiger charge is -2.21. The molecule has 0 radical (unpaired) electrons. The molecule has 1 aromatic heterocycles. The Morgan fingerprint density at radius 1 is 1.38 bits per heavy atom. The lowest BCUT2D eigenvalue weighted by Crippen LogP contribution is -2.14. The molecule has 4 heteroatoms. The maximum Gasteiger partial charge on any atom is 0.174 e. The molecule has 2 rings (SSSR count). The van der Waals surface area contributed by atoms with Crippen molar-refractivity contribution >= 4 is 21.6 Å². The SMILES string of the molecule is Nc1coc(Br)c1C1CCOCC1. The first-order valence-electron chi connectivity index (χ1n) is 4.39. The topological polar surface area (TPSA) is 48.4 Å². The molecule has 2 heterocycles. The molecule has 3 nitrogen and oxygen atoms in total. The number of nitrogen functional groups attached to an aromatic ring is 1. The number of halogens is 1. The lowest BCUT2D eigenvalue weighted by molar-refractivity contribution is 0.0851. The first-order chi connectivity index (χ1) is 6.29. The lowest BCUT2D eigenvalue weighted by atomic mass is 9.93. The van der Waals surface area contributed by atoms with Crippen LogP contribution >= 0.6 is 15.9 Å². The van der Waals surface area contributed by atoms with E-state index in [0.717, 1.165) is 42.0 Å². The van der Waals surface area contributed by atoms with E-state index in [1.165, 1.54) is 0 Å². The maximum absolute atomic E-state index is 5.81. The van der Waals surface area contributed by atoms with Crippen LogP contribution in [0.4, 0.5) is 5.69 Å². The predicted molar refractivity (Wildman–Crippen MR) is 53.6 cm³/mol. The smallest absolute Gasteiger partial charge is 0.174 e. The molecule has 0 saturated carbocycles. The molecule has 0 spiro atoms. The van der Waals surface area contributed by atoms with Crippen LogP contribution in [0.1, 0.15) is 24.3 Å². The van der Waals surface area contributed by atoms with Crippen LogP contribution in [0.25, 0.3) is 0 Å². The van der Waals surface area contributed by atoms with Crippen LogP contribution in [-0.4, -0.2) is 13.2 Å². The Balaban J connectivity index is 2.22. The van der Waals surface area contributed by atoms with E-state index in [1.54, 1.807) is 6.26 Å². The number of rotatable bonds is 1. The van der Waals surface area contributed by atoms with Crippen LogP contribution in [0.3, 0.4) is 0 Å². The molecule has 0 aliphatic carbocycles. The van der Waals surface area contributed by atoms with Crippen LogP contribution < -0.4 is 5.73 Å². The van der Waals surface area contributed by atoms with Gasteiger partial charge in [-0.25, -0.2) is 0 Å². The van der Waals surface area contributed by atoms with Gasteiger partial charge < -0.3 is 14.9 Å². The van der Waals surface area contributed by atoms with Crippen molar-refractivity contribution in [2.24, 2.45) is 0 Å². The first-order valence-corrected chi connectivity index (χ1v) is 5.18. The van der Waals surface area contributed by atoms with Crippen LogP contribution in [0.15, 0.2) is 15.3 Å². The zero-order valence-electron chi connectivity index (χ0n) is 7.25. The van der Waals surface area contributed by atoms with E-state index >= 15 is 0 Å². The van der Waals surface area contributed by atoms with Gasteiger partial charge in [-0.05, 0) is 34.7 Å². The summed E-state index contributed by atoms with van der Waals surface area (Å²) in [6.45, 7) is 1.64. The van der Waals surface area contributed by atoms with Crippen LogP contribution in [0, 0.1) is 0 Å². The number of furan rings is 1. The standard InChI is InChI=1S/C9H12BrNO2/c10-9-8(7(11)5-13-9)6-1-3-12-4-2-6/h5-6H,1-4,11H2. The summed E-state index contributed by atoms with van der Waals surface area (Å²) in [4.78, 5) is 0. The van der Waals surface area contributed by atoms with Crippen molar-refractivity contribution in [2.75, 3.05) is 18.9 Å². The van der Waals surface area contributed by atoms with Gasteiger partial charge in [-0.1, -0.05) is 0 Å². The van der Waals surface area contributed by atoms with Crippen molar-refractivity contribution in [1.82, 2.24) is 0 Å². The largest absolute Gasteiger partial charge is 0.455 e. The fourth-order valence-electron chi connectivity index (χ4n) is 1.74. The van der Waals surface area contributed by atoms with E-state index in [4.69, 9.17) is 14.9 Å². The molecule has 0 unspecified atom stereocenters. The van der Waals surface area contributed by atoms with Crippen LogP contribution in [-0.2, 0) is 4.74 Å². The summed E-state index contributed by atoms with van der Waals surface area (Å²) in [5.74, 6) is 0.488. The quantitative estimate of drug-likeness (QED) is 0.828. The predicted octanol–water partition coefficient (Wildman–Crippen LogP) is 2.52. The Kier molecular flexibility index (Phi) is 2.60. The van der Waals surface area contributed by atoms with E-state index < -0.39 is 0 Å². The molecule has 0 atom stereocenters. The van der Waals surface area contributed by atoms with E-state index in [0.29, 0.717) is 5.92 Å². The molecule has 0 bridgehead atoms. The Labute approximate surface area is 85.4 Å². The van der Waals surface area contributed by atoms with Gasteiger partial charge >= 0.3 is 0 Å². The second kappa shape index (κ2) is 3.72. The van der Waals surface area contributed by atoms with Gasteiger partial charge in [0.15, 0.2) is 4.67 Å². The molecule has 0 amide bonds. The molecule has 1 aliphatic heterocycles. The number of anilines is 1. The highest BCUT2D eigenvalue weighted by atomic mass is 79.9. The molecule has 2 N–H and O–H groups in total. The van der Waals surface area contributed by atoms with Gasteiger partial charge in [0.1, 0.15) is 6.26 Å². The highest BCUT2D eigenvalue weighted by Crippen LogP contribution is 2.37. The molecule has 1 fully saturated rings. The summed E-state index contributed by atoms with van der Waals surface area (Å²) in [5, 5.41) is 0. The second-order valence-electron chi connectivity index (χ2n) is 3.27. The zero-order chi connectivity index (χ0) is 9.26. The molecule has 0 aromatic carbocycles. The number of hydrogen-bond donors (Lipinski definition) is 1. The summed E-state index contributed by atoms with van der Waals surface area (Å²) in [6, 6.07) is 0. The third kappa shape index (κ3) is 1.74. The van der Waals surface area contributed by atoms with Crippen molar-refractivity contribution in [3.05, 3.63) is 16.5 Å². The van der Waals surface area contributed by atoms with E-state index in [1.807, 2.05) is 0 Å². The Hall–Kier alpha value is -0.480. The van der Waals surface area contributed by atoms with Gasteiger partial charge in [0.05, 0.1) is 5.69 Å². The van der Waals surface area contributed by atoms with Crippen molar-refractivity contribution in [2.45, 2.75) is 18.8 Å². The minimum absolute atomic E-state index is 0.488. The number of ether oxygens (including phenoxy) is 1. The summed E-state index contributed by atoms with van der Waals surface area (Å²) >= 11 is 3.37. The van der Waals surface area contributed by atoms with Gasteiger partial charge in [-0.15, -0.1) is 0 Å². The van der Waals surface area contributed by atoms with E-state index in [9.17, 15) is 0 Å². The van der Waals surface area contributed by atoms with Gasteiger partial charge in [0.2, 0.25) is 0 Å². The number of hydrogen-bond acceptors (Lipinski definition) is 3. The van der Waals surface area contributed by atoms with Gasteiger partial charge in [-0.2, -0.15) is 0 Å². The molecule has 13 heavy (non-hydrogen) atoms. The fraction of sp³-hybridized carbons (Fsp3) is 0.556. The van der Waals surface area contributed by atoms with Crippen LogP contribution in [0.5, 0.6) is 0 Å². The molecule has 1 saturated heterocycles. The minimum atomic E-state index is 0.488. The molecule has 1 aromatic rings.